The molecule has 18 heavy (non-hydrogen) atoms. The summed E-state index contributed by atoms with van der Waals surface area (Å²) in [5, 5.41) is 7.32. The monoisotopic (exact) mass is 249 g/mol. The lowest BCUT2D eigenvalue weighted by Crippen LogP contribution is -2.26. The zero-order valence-corrected chi connectivity index (χ0v) is 11.4. The van der Waals surface area contributed by atoms with Crippen LogP contribution < -0.4 is 5.32 Å². The molecule has 1 fully saturated rings. The van der Waals surface area contributed by atoms with Crippen LogP contribution in [0.25, 0.3) is 0 Å². The van der Waals surface area contributed by atoms with Gasteiger partial charge in [-0.2, -0.15) is 5.10 Å². The van der Waals surface area contributed by atoms with E-state index >= 15 is 0 Å². The van der Waals surface area contributed by atoms with Crippen LogP contribution in [0.1, 0.15) is 58.4 Å². The van der Waals surface area contributed by atoms with Crippen molar-refractivity contribution in [2.75, 3.05) is 5.32 Å². The van der Waals surface area contributed by atoms with Crippen molar-refractivity contribution in [2.45, 2.75) is 58.4 Å². The fraction of sp³-hybridized carbons (Fsp3) is 0.714. The van der Waals surface area contributed by atoms with Crippen LogP contribution in [0.15, 0.2) is 12.3 Å². The molecule has 100 valence electrons. The van der Waals surface area contributed by atoms with Gasteiger partial charge in [-0.25, -0.2) is 4.68 Å². The molecule has 1 unspecified atom stereocenters. The topological polar surface area (TPSA) is 46.9 Å². The van der Waals surface area contributed by atoms with Gasteiger partial charge in [0.25, 0.3) is 0 Å². The first kappa shape index (κ1) is 13.1. The van der Waals surface area contributed by atoms with Crippen molar-refractivity contribution < 1.29 is 4.79 Å². The molecule has 0 saturated heterocycles. The van der Waals surface area contributed by atoms with E-state index in [0.717, 1.165) is 25.1 Å². The lowest BCUT2D eigenvalue weighted by molar-refractivity contribution is -0.120. The second-order valence-corrected chi connectivity index (χ2v) is 5.24. The van der Waals surface area contributed by atoms with Crippen LogP contribution >= 0.6 is 0 Å². The molecule has 1 aromatic rings. The van der Waals surface area contributed by atoms with E-state index < -0.39 is 0 Å². The fourth-order valence-electron chi connectivity index (χ4n) is 2.53. The van der Waals surface area contributed by atoms with Crippen LogP contribution in [-0.4, -0.2) is 15.7 Å². The number of hydrogen-bond acceptors (Lipinski definition) is 2. The lowest BCUT2D eigenvalue weighted by Gasteiger charge is -2.21. The summed E-state index contributed by atoms with van der Waals surface area (Å²) in [5.41, 5.74) is 0. The first-order chi connectivity index (χ1) is 8.72. The van der Waals surface area contributed by atoms with E-state index in [1.165, 1.54) is 19.3 Å². The molecule has 4 heteroatoms. The van der Waals surface area contributed by atoms with Crippen LogP contribution in [0.2, 0.25) is 0 Å². The molecule has 1 aliphatic rings. The number of carbonyl (C=O) groups is 1. The number of anilines is 1. The Morgan fingerprint density at radius 3 is 2.89 bits per heavy atom. The van der Waals surface area contributed by atoms with E-state index in [9.17, 15) is 4.79 Å². The third-order valence-electron chi connectivity index (χ3n) is 3.91. The highest BCUT2D eigenvalue weighted by Gasteiger charge is 2.22. The average Bonchev–Trinajstić information content (AvgIpc) is 2.87. The Kier molecular flexibility index (Phi) is 4.39. The largest absolute Gasteiger partial charge is 0.311 e. The van der Waals surface area contributed by atoms with E-state index in [1.807, 2.05) is 10.7 Å². The number of rotatable bonds is 4. The molecule has 1 atom stereocenters. The molecule has 2 rings (SSSR count). The van der Waals surface area contributed by atoms with Gasteiger partial charge in [0.05, 0.1) is 12.2 Å². The van der Waals surface area contributed by atoms with Gasteiger partial charge in [-0.05, 0) is 26.2 Å². The molecule has 1 aromatic heterocycles. The van der Waals surface area contributed by atoms with Crippen LogP contribution in [0, 0.1) is 5.92 Å². The standard InChI is InChI=1S/C14H23N3O/c1-3-11(2)17-13(9-10-15-17)16-14(18)12-7-5-4-6-8-12/h9-12H,3-8H2,1-2H3,(H,16,18). The predicted molar refractivity (Wildman–Crippen MR) is 72.4 cm³/mol. The Balaban J connectivity index is 2.00. The minimum Gasteiger partial charge on any atom is -0.311 e. The SMILES string of the molecule is CCC(C)n1nccc1NC(=O)C1CCCCC1. The Labute approximate surface area is 109 Å². The molecule has 1 heterocycles. The lowest BCUT2D eigenvalue weighted by atomic mass is 9.89. The van der Waals surface area contributed by atoms with Crippen molar-refractivity contribution in [1.29, 1.82) is 0 Å². The highest BCUT2D eigenvalue weighted by atomic mass is 16.2. The van der Waals surface area contributed by atoms with Gasteiger partial charge in [-0.3, -0.25) is 4.79 Å². The maximum Gasteiger partial charge on any atom is 0.228 e. The van der Waals surface area contributed by atoms with Gasteiger partial charge in [0.15, 0.2) is 0 Å². The van der Waals surface area contributed by atoms with E-state index in [0.29, 0.717) is 6.04 Å². The minimum atomic E-state index is 0.166. The molecular formula is C14H23N3O. The van der Waals surface area contributed by atoms with E-state index in [2.05, 4.69) is 24.3 Å². The number of amides is 1. The summed E-state index contributed by atoms with van der Waals surface area (Å²) in [4.78, 5) is 12.2. The summed E-state index contributed by atoms with van der Waals surface area (Å²) >= 11 is 0. The highest BCUT2D eigenvalue weighted by Crippen LogP contribution is 2.25. The molecule has 1 saturated carbocycles. The summed E-state index contributed by atoms with van der Waals surface area (Å²) < 4.78 is 1.90. The molecule has 1 amide bonds. The summed E-state index contributed by atoms with van der Waals surface area (Å²) in [6.45, 7) is 4.24. The Morgan fingerprint density at radius 1 is 1.50 bits per heavy atom. The summed E-state index contributed by atoms with van der Waals surface area (Å²) in [5.74, 6) is 1.19. The number of aromatic nitrogens is 2. The number of carbonyl (C=O) groups excluding carboxylic acids is 1. The third kappa shape index (κ3) is 2.92. The van der Waals surface area contributed by atoms with Crippen molar-refractivity contribution >= 4 is 11.7 Å². The summed E-state index contributed by atoms with van der Waals surface area (Å²) in [7, 11) is 0. The van der Waals surface area contributed by atoms with Gasteiger partial charge in [-0.1, -0.05) is 26.2 Å². The third-order valence-corrected chi connectivity index (χ3v) is 3.91. The molecule has 0 radical (unpaired) electrons. The van der Waals surface area contributed by atoms with E-state index in [-0.39, 0.29) is 11.8 Å². The molecule has 4 nitrogen and oxygen atoms in total. The second-order valence-electron chi connectivity index (χ2n) is 5.24. The van der Waals surface area contributed by atoms with Crippen molar-refractivity contribution in [3.63, 3.8) is 0 Å². The summed E-state index contributed by atoms with van der Waals surface area (Å²) in [6, 6.07) is 2.20. The van der Waals surface area contributed by atoms with Crippen molar-refractivity contribution in [3.05, 3.63) is 12.3 Å². The first-order valence-electron chi connectivity index (χ1n) is 7.06. The van der Waals surface area contributed by atoms with Crippen molar-refractivity contribution in [3.8, 4) is 0 Å². The average molecular weight is 249 g/mol. The van der Waals surface area contributed by atoms with Gasteiger partial charge < -0.3 is 5.32 Å². The van der Waals surface area contributed by atoms with Gasteiger partial charge >= 0.3 is 0 Å². The molecule has 0 aromatic carbocycles. The Hall–Kier alpha value is -1.32. The molecule has 0 bridgehead atoms. The number of hydrogen-bond donors (Lipinski definition) is 1. The van der Waals surface area contributed by atoms with Gasteiger partial charge in [0.2, 0.25) is 5.91 Å². The van der Waals surface area contributed by atoms with E-state index in [4.69, 9.17) is 0 Å². The predicted octanol–water partition coefficient (Wildman–Crippen LogP) is 3.37. The van der Waals surface area contributed by atoms with Crippen LogP contribution in [0.5, 0.6) is 0 Å². The molecular weight excluding hydrogens is 226 g/mol. The van der Waals surface area contributed by atoms with Gasteiger partial charge in [0.1, 0.15) is 5.82 Å². The zero-order chi connectivity index (χ0) is 13.0. The van der Waals surface area contributed by atoms with Crippen molar-refractivity contribution in [1.82, 2.24) is 9.78 Å². The number of nitrogens with zero attached hydrogens (tertiary/aromatic N) is 2. The molecule has 0 aliphatic heterocycles. The molecule has 1 aliphatic carbocycles. The Bertz CT molecular complexity index is 393. The molecule has 0 spiro atoms. The van der Waals surface area contributed by atoms with E-state index in [1.54, 1.807) is 6.20 Å². The normalized spacial score (nSPS) is 18.6. The molecule has 1 N–H and O–H groups in total. The quantitative estimate of drug-likeness (QED) is 0.889. The maximum atomic E-state index is 12.2. The maximum absolute atomic E-state index is 12.2. The first-order valence-corrected chi connectivity index (χ1v) is 7.06. The van der Waals surface area contributed by atoms with Gasteiger partial charge in [-0.15, -0.1) is 0 Å². The highest BCUT2D eigenvalue weighted by molar-refractivity contribution is 5.91. The van der Waals surface area contributed by atoms with Crippen LogP contribution in [0.4, 0.5) is 5.82 Å². The van der Waals surface area contributed by atoms with Gasteiger partial charge in [0, 0.05) is 12.0 Å². The van der Waals surface area contributed by atoms with Crippen LogP contribution in [0.3, 0.4) is 0 Å². The number of nitrogens with one attached hydrogen (secondary N) is 1. The van der Waals surface area contributed by atoms with Crippen LogP contribution in [-0.2, 0) is 4.79 Å². The Morgan fingerprint density at radius 2 is 2.22 bits per heavy atom. The fourth-order valence-corrected chi connectivity index (χ4v) is 2.53. The zero-order valence-electron chi connectivity index (χ0n) is 11.4. The summed E-state index contributed by atoms with van der Waals surface area (Å²) in [6.07, 6.45) is 8.46. The van der Waals surface area contributed by atoms with Crippen molar-refractivity contribution in [2.24, 2.45) is 5.92 Å². The second kappa shape index (κ2) is 6.03. The minimum absolute atomic E-state index is 0.166. The smallest absolute Gasteiger partial charge is 0.228 e.